The second-order valence-electron chi connectivity index (χ2n) is 5.27. The highest BCUT2D eigenvalue weighted by atomic mass is 16.5. The molecule has 0 bridgehead atoms. The van der Waals surface area contributed by atoms with Gasteiger partial charge in [0.2, 0.25) is 0 Å². The van der Waals surface area contributed by atoms with Crippen LogP contribution in [0.25, 0.3) is 10.8 Å². The molecule has 3 aromatic rings. The van der Waals surface area contributed by atoms with Crippen molar-refractivity contribution in [2.24, 2.45) is 0 Å². The first kappa shape index (κ1) is 14.8. The van der Waals surface area contributed by atoms with E-state index in [0.717, 1.165) is 21.9 Å². The van der Waals surface area contributed by atoms with Crippen LogP contribution in [-0.4, -0.2) is 5.97 Å². The number of hydrogen-bond donors (Lipinski definition) is 0. The van der Waals surface area contributed by atoms with Gasteiger partial charge in [-0.25, -0.2) is 0 Å². The van der Waals surface area contributed by atoms with Crippen LogP contribution in [0.1, 0.15) is 11.1 Å². The summed E-state index contributed by atoms with van der Waals surface area (Å²) in [6.45, 7) is 0. The molecule has 0 aromatic heterocycles. The van der Waals surface area contributed by atoms with E-state index in [-0.39, 0.29) is 12.4 Å². The minimum absolute atomic E-state index is 0.224. The van der Waals surface area contributed by atoms with Crippen LogP contribution in [-0.2, 0) is 17.6 Å². The van der Waals surface area contributed by atoms with E-state index in [1.54, 1.807) is 24.3 Å². The molecule has 3 rings (SSSR count). The monoisotopic (exact) mass is 301 g/mol. The Bertz CT molecular complexity index is 871. The highest BCUT2D eigenvalue weighted by molar-refractivity contribution is 5.89. The number of nitriles is 1. The predicted molar refractivity (Wildman–Crippen MR) is 89.0 cm³/mol. The molecule has 3 heteroatoms. The second kappa shape index (κ2) is 6.76. The number of carbonyl (C=O) groups is 1. The molecule has 23 heavy (non-hydrogen) atoms. The summed E-state index contributed by atoms with van der Waals surface area (Å²) in [5.41, 5.74) is 1.86. The Morgan fingerprint density at radius 3 is 2.48 bits per heavy atom. The molecule has 0 heterocycles. The standard InChI is InChI=1S/C20H15NO2/c21-13-12-15-8-10-18(11-9-15)23-20(22)14-17-6-3-5-16-4-1-2-7-19(16)17/h1-11H,12,14H2. The molecular weight excluding hydrogens is 286 g/mol. The molecule has 0 aliphatic carbocycles. The molecule has 0 radical (unpaired) electrons. The van der Waals surface area contributed by atoms with E-state index in [1.807, 2.05) is 42.5 Å². The normalized spacial score (nSPS) is 10.2. The lowest BCUT2D eigenvalue weighted by atomic mass is 10.0. The van der Waals surface area contributed by atoms with E-state index in [1.165, 1.54) is 0 Å². The lowest BCUT2D eigenvalue weighted by Crippen LogP contribution is -2.11. The lowest BCUT2D eigenvalue weighted by molar-refractivity contribution is -0.133. The van der Waals surface area contributed by atoms with Gasteiger partial charge in [-0.2, -0.15) is 5.26 Å². The molecule has 0 saturated heterocycles. The van der Waals surface area contributed by atoms with Gasteiger partial charge in [0.15, 0.2) is 0 Å². The van der Waals surface area contributed by atoms with Crippen molar-refractivity contribution in [1.82, 2.24) is 0 Å². The fraction of sp³-hybridized carbons (Fsp3) is 0.100. The van der Waals surface area contributed by atoms with Crippen LogP contribution in [0.4, 0.5) is 0 Å². The van der Waals surface area contributed by atoms with Gasteiger partial charge < -0.3 is 4.74 Å². The highest BCUT2D eigenvalue weighted by Gasteiger charge is 2.09. The summed E-state index contributed by atoms with van der Waals surface area (Å²) in [5.74, 6) is 0.200. The fourth-order valence-electron chi connectivity index (χ4n) is 2.54. The van der Waals surface area contributed by atoms with Crippen LogP contribution in [0.2, 0.25) is 0 Å². The van der Waals surface area contributed by atoms with Crippen LogP contribution in [0.3, 0.4) is 0 Å². The summed E-state index contributed by atoms with van der Waals surface area (Å²) < 4.78 is 5.38. The zero-order chi connectivity index (χ0) is 16.1. The van der Waals surface area contributed by atoms with Gasteiger partial charge in [0.1, 0.15) is 5.75 Å². The van der Waals surface area contributed by atoms with Crippen molar-refractivity contribution in [1.29, 1.82) is 5.26 Å². The molecular formula is C20H15NO2. The topological polar surface area (TPSA) is 50.1 Å². The van der Waals surface area contributed by atoms with E-state index in [9.17, 15) is 4.79 Å². The summed E-state index contributed by atoms with van der Waals surface area (Å²) >= 11 is 0. The summed E-state index contributed by atoms with van der Waals surface area (Å²) in [4.78, 5) is 12.2. The number of ether oxygens (including phenoxy) is 1. The lowest BCUT2D eigenvalue weighted by Gasteiger charge is -2.07. The van der Waals surface area contributed by atoms with Crippen molar-refractivity contribution in [3.05, 3.63) is 77.9 Å². The molecule has 3 aromatic carbocycles. The maximum absolute atomic E-state index is 12.2. The van der Waals surface area contributed by atoms with Crippen LogP contribution in [0.5, 0.6) is 5.75 Å². The van der Waals surface area contributed by atoms with E-state index in [2.05, 4.69) is 6.07 Å². The molecule has 0 unspecified atom stereocenters. The zero-order valence-electron chi connectivity index (χ0n) is 12.5. The number of rotatable bonds is 4. The largest absolute Gasteiger partial charge is 0.426 e. The Morgan fingerprint density at radius 1 is 0.957 bits per heavy atom. The van der Waals surface area contributed by atoms with Gasteiger partial charge in [-0.1, -0.05) is 54.6 Å². The Labute approximate surface area is 134 Å². The van der Waals surface area contributed by atoms with Gasteiger partial charge in [-0.3, -0.25) is 4.79 Å². The summed E-state index contributed by atoms with van der Waals surface area (Å²) in [6, 6.07) is 23.0. The number of carbonyl (C=O) groups excluding carboxylic acids is 1. The predicted octanol–water partition coefficient (Wildman–Crippen LogP) is 4.05. The smallest absolute Gasteiger partial charge is 0.315 e. The molecule has 0 amide bonds. The fourth-order valence-corrected chi connectivity index (χ4v) is 2.54. The van der Waals surface area contributed by atoms with Gasteiger partial charge >= 0.3 is 5.97 Å². The van der Waals surface area contributed by atoms with Crippen LogP contribution in [0, 0.1) is 11.3 Å². The molecule has 0 atom stereocenters. The van der Waals surface area contributed by atoms with Crippen molar-refractivity contribution < 1.29 is 9.53 Å². The maximum atomic E-state index is 12.2. The Balaban J connectivity index is 1.72. The number of benzene rings is 3. The van der Waals surface area contributed by atoms with Gasteiger partial charge in [0.25, 0.3) is 0 Å². The zero-order valence-corrected chi connectivity index (χ0v) is 12.5. The Kier molecular flexibility index (Phi) is 4.35. The van der Waals surface area contributed by atoms with Gasteiger partial charge in [0.05, 0.1) is 18.9 Å². The van der Waals surface area contributed by atoms with Crippen molar-refractivity contribution in [2.75, 3.05) is 0 Å². The van der Waals surface area contributed by atoms with Gasteiger partial charge in [-0.05, 0) is 34.0 Å². The van der Waals surface area contributed by atoms with Crippen molar-refractivity contribution in [3.8, 4) is 11.8 Å². The SMILES string of the molecule is N#CCc1ccc(OC(=O)Cc2cccc3ccccc23)cc1. The minimum atomic E-state index is -0.297. The quantitative estimate of drug-likeness (QED) is 0.539. The van der Waals surface area contributed by atoms with Crippen LogP contribution in [0.15, 0.2) is 66.7 Å². The first-order valence-electron chi connectivity index (χ1n) is 7.39. The molecule has 0 N–H and O–H groups in total. The summed E-state index contributed by atoms with van der Waals surface area (Å²) in [5, 5.41) is 10.8. The van der Waals surface area contributed by atoms with E-state index in [4.69, 9.17) is 10.00 Å². The molecule has 0 aliphatic rings. The molecule has 0 aliphatic heterocycles. The number of esters is 1. The van der Waals surface area contributed by atoms with Gasteiger partial charge in [-0.15, -0.1) is 0 Å². The molecule has 0 spiro atoms. The minimum Gasteiger partial charge on any atom is -0.426 e. The maximum Gasteiger partial charge on any atom is 0.315 e. The average molecular weight is 301 g/mol. The van der Waals surface area contributed by atoms with Gasteiger partial charge in [0, 0.05) is 0 Å². The van der Waals surface area contributed by atoms with E-state index >= 15 is 0 Å². The first-order valence-corrected chi connectivity index (χ1v) is 7.39. The number of hydrogen-bond acceptors (Lipinski definition) is 3. The second-order valence-corrected chi connectivity index (χ2v) is 5.27. The Hall–Kier alpha value is -3.12. The highest BCUT2D eigenvalue weighted by Crippen LogP contribution is 2.20. The number of fused-ring (bicyclic) bond motifs is 1. The van der Waals surface area contributed by atoms with Crippen molar-refractivity contribution in [2.45, 2.75) is 12.8 Å². The van der Waals surface area contributed by atoms with Crippen LogP contribution >= 0.6 is 0 Å². The Morgan fingerprint density at radius 2 is 1.70 bits per heavy atom. The van der Waals surface area contributed by atoms with Crippen molar-refractivity contribution in [3.63, 3.8) is 0 Å². The van der Waals surface area contributed by atoms with Crippen LogP contribution < -0.4 is 4.74 Å². The third-order valence-electron chi connectivity index (χ3n) is 3.65. The summed E-state index contributed by atoms with van der Waals surface area (Å²) in [7, 11) is 0. The first-order chi connectivity index (χ1) is 11.3. The molecule has 112 valence electrons. The molecule has 0 saturated carbocycles. The molecule has 0 fully saturated rings. The third kappa shape index (κ3) is 3.56. The third-order valence-corrected chi connectivity index (χ3v) is 3.65. The van der Waals surface area contributed by atoms with E-state index < -0.39 is 0 Å². The van der Waals surface area contributed by atoms with Crippen molar-refractivity contribution >= 4 is 16.7 Å². The van der Waals surface area contributed by atoms with E-state index in [0.29, 0.717) is 12.2 Å². The molecule has 3 nitrogen and oxygen atoms in total. The summed E-state index contributed by atoms with van der Waals surface area (Å²) in [6.07, 6.45) is 0.575. The average Bonchev–Trinajstić information content (AvgIpc) is 2.57. The number of nitrogens with zero attached hydrogens (tertiary/aromatic N) is 1.